The molecule has 0 bridgehead atoms. The van der Waals surface area contributed by atoms with Crippen LogP contribution in [0.25, 0.3) is 27.8 Å². The number of rotatable bonds is 6. The highest BCUT2D eigenvalue weighted by molar-refractivity contribution is 7.11. The number of anilines is 1. The number of allylic oxidation sites excluding steroid dienone is 1. The Morgan fingerprint density at radius 1 is 1.22 bits per heavy atom. The van der Waals surface area contributed by atoms with E-state index >= 15 is 0 Å². The molecule has 1 N–H and O–H groups in total. The van der Waals surface area contributed by atoms with E-state index in [1.807, 2.05) is 12.1 Å². The number of benzene rings is 2. The first-order chi connectivity index (χ1) is 15.5. The number of ether oxygens (including phenoxy) is 2. The second-order valence-electron chi connectivity index (χ2n) is 6.52. The standard InChI is InChI=1S/C23H16ClN3O4S/c1-29-20-9-17(21(30-2)8-16(20)24)26-11-14(10-25)22-27-18(12-32-22)15-7-13-5-3-4-6-19(13)31-23(15)28/h3-9,11-12,26H,1-2H3. The van der Waals surface area contributed by atoms with Gasteiger partial charge in [0, 0.05) is 29.1 Å². The molecule has 0 fully saturated rings. The summed E-state index contributed by atoms with van der Waals surface area (Å²) in [5.41, 5.74) is 1.64. The normalized spacial score (nSPS) is 11.2. The summed E-state index contributed by atoms with van der Waals surface area (Å²) in [5, 5.41) is 16.0. The maximum atomic E-state index is 12.4. The first-order valence-electron chi connectivity index (χ1n) is 9.31. The van der Waals surface area contributed by atoms with Crippen molar-refractivity contribution < 1.29 is 13.9 Å². The fourth-order valence-electron chi connectivity index (χ4n) is 3.03. The highest BCUT2D eigenvalue weighted by Crippen LogP contribution is 2.36. The predicted octanol–water partition coefficient (Wildman–Crippen LogP) is 5.56. The third-order valence-electron chi connectivity index (χ3n) is 4.62. The fourth-order valence-corrected chi connectivity index (χ4v) is 4.04. The van der Waals surface area contributed by atoms with Crippen LogP contribution in [0.5, 0.6) is 11.5 Å². The first kappa shape index (κ1) is 21.4. The number of thiazole rings is 1. The molecule has 2 aromatic heterocycles. The molecule has 0 aliphatic carbocycles. The molecular formula is C23H16ClN3O4S. The molecule has 2 aromatic carbocycles. The van der Waals surface area contributed by atoms with Crippen molar-refractivity contribution >= 4 is 45.2 Å². The van der Waals surface area contributed by atoms with Gasteiger partial charge in [-0.25, -0.2) is 9.78 Å². The van der Waals surface area contributed by atoms with Gasteiger partial charge in [-0.05, 0) is 12.1 Å². The van der Waals surface area contributed by atoms with E-state index in [0.717, 1.165) is 5.39 Å². The van der Waals surface area contributed by atoms with Crippen molar-refractivity contribution in [3.05, 3.63) is 74.5 Å². The molecule has 0 radical (unpaired) electrons. The van der Waals surface area contributed by atoms with Crippen molar-refractivity contribution in [2.45, 2.75) is 0 Å². The SMILES string of the molecule is COc1cc(NC=C(C#N)c2nc(-c3cc4ccccc4oc3=O)cs2)c(OC)cc1Cl. The Hall–Kier alpha value is -3.80. The van der Waals surface area contributed by atoms with Gasteiger partial charge in [-0.3, -0.25) is 0 Å². The molecule has 0 spiro atoms. The van der Waals surface area contributed by atoms with Gasteiger partial charge in [0.25, 0.3) is 0 Å². The third-order valence-corrected chi connectivity index (χ3v) is 5.79. The van der Waals surface area contributed by atoms with Gasteiger partial charge in [0.05, 0.1) is 36.2 Å². The molecular weight excluding hydrogens is 450 g/mol. The van der Waals surface area contributed by atoms with Crippen molar-refractivity contribution in [1.29, 1.82) is 5.26 Å². The van der Waals surface area contributed by atoms with Gasteiger partial charge in [-0.15, -0.1) is 11.3 Å². The van der Waals surface area contributed by atoms with Gasteiger partial charge in [0.1, 0.15) is 33.7 Å². The molecule has 0 aliphatic rings. The molecule has 0 unspecified atom stereocenters. The minimum Gasteiger partial charge on any atom is -0.495 e. The minimum absolute atomic E-state index is 0.280. The number of para-hydroxylation sites is 1. The summed E-state index contributed by atoms with van der Waals surface area (Å²) in [5.74, 6) is 0.944. The van der Waals surface area contributed by atoms with E-state index in [-0.39, 0.29) is 5.57 Å². The Morgan fingerprint density at radius 2 is 2.00 bits per heavy atom. The Balaban J connectivity index is 1.66. The second kappa shape index (κ2) is 9.14. The molecule has 2 heterocycles. The van der Waals surface area contributed by atoms with Crippen LogP contribution in [0.15, 0.2) is 63.3 Å². The highest BCUT2D eigenvalue weighted by atomic mass is 35.5. The fraction of sp³-hybridized carbons (Fsp3) is 0.0870. The smallest absolute Gasteiger partial charge is 0.345 e. The zero-order valence-corrected chi connectivity index (χ0v) is 18.6. The molecule has 160 valence electrons. The van der Waals surface area contributed by atoms with Gasteiger partial charge < -0.3 is 19.2 Å². The monoisotopic (exact) mass is 465 g/mol. The minimum atomic E-state index is -0.487. The van der Waals surface area contributed by atoms with E-state index in [1.165, 1.54) is 31.8 Å². The lowest BCUT2D eigenvalue weighted by molar-refractivity contribution is 0.405. The Labute approximate surface area is 192 Å². The topological polar surface area (TPSA) is 97.4 Å². The van der Waals surface area contributed by atoms with E-state index in [0.29, 0.717) is 44.1 Å². The van der Waals surface area contributed by atoms with Crippen LogP contribution in [-0.4, -0.2) is 19.2 Å². The van der Waals surface area contributed by atoms with E-state index in [4.69, 9.17) is 25.5 Å². The molecule has 7 nitrogen and oxygen atoms in total. The number of halogens is 1. The van der Waals surface area contributed by atoms with Crippen molar-refractivity contribution in [1.82, 2.24) is 4.98 Å². The van der Waals surface area contributed by atoms with E-state index in [1.54, 1.807) is 35.7 Å². The van der Waals surface area contributed by atoms with Crippen LogP contribution >= 0.6 is 22.9 Å². The summed E-state index contributed by atoms with van der Waals surface area (Å²) in [6, 6.07) is 14.4. The number of hydrogen-bond acceptors (Lipinski definition) is 8. The largest absolute Gasteiger partial charge is 0.495 e. The quantitative estimate of drug-likeness (QED) is 0.294. The summed E-state index contributed by atoms with van der Waals surface area (Å²) in [6.45, 7) is 0. The van der Waals surface area contributed by atoms with Gasteiger partial charge >= 0.3 is 5.63 Å². The lowest BCUT2D eigenvalue weighted by atomic mass is 10.1. The van der Waals surface area contributed by atoms with E-state index in [2.05, 4.69) is 16.4 Å². The van der Waals surface area contributed by atoms with Crippen molar-refractivity contribution in [3.8, 4) is 28.8 Å². The van der Waals surface area contributed by atoms with Crippen molar-refractivity contribution in [2.24, 2.45) is 0 Å². The molecule has 0 atom stereocenters. The van der Waals surface area contributed by atoms with Gasteiger partial charge in [0.15, 0.2) is 0 Å². The lowest BCUT2D eigenvalue weighted by Crippen LogP contribution is -2.03. The molecule has 0 aliphatic heterocycles. The molecule has 4 rings (SSSR count). The Kier molecular flexibility index (Phi) is 6.12. The Morgan fingerprint density at radius 3 is 2.75 bits per heavy atom. The van der Waals surface area contributed by atoms with Crippen LogP contribution < -0.4 is 20.4 Å². The number of hydrogen-bond donors (Lipinski definition) is 1. The highest BCUT2D eigenvalue weighted by Gasteiger charge is 2.14. The Bertz CT molecular complexity index is 1440. The lowest BCUT2D eigenvalue weighted by Gasteiger charge is -2.12. The zero-order valence-electron chi connectivity index (χ0n) is 17.0. The number of aromatic nitrogens is 1. The number of nitrogens with one attached hydrogen (secondary N) is 1. The van der Waals surface area contributed by atoms with Crippen molar-refractivity contribution in [2.75, 3.05) is 19.5 Å². The average molecular weight is 466 g/mol. The van der Waals surface area contributed by atoms with Gasteiger partial charge in [-0.1, -0.05) is 29.8 Å². The van der Waals surface area contributed by atoms with E-state index < -0.39 is 5.63 Å². The summed E-state index contributed by atoms with van der Waals surface area (Å²) >= 11 is 7.38. The maximum absolute atomic E-state index is 12.4. The van der Waals surface area contributed by atoms with E-state index in [9.17, 15) is 10.1 Å². The molecule has 0 saturated carbocycles. The third kappa shape index (κ3) is 4.17. The van der Waals surface area contributed by atoms with Crippen LogP contribution in [-0.2, 0) is 0 Å². The van der Waals surface area contributed by atoms with Crippen molar-refractivity contribution in [3.63, 3.8) is 0 Å². The average Bonchev–Trinajstić information content (AvgIpc) is 3.29. The summed E-state index contributed by atoms with van der Waals surface area (Å²) < 4.78 is 16.0. The molecule has 4 aromatic rings. The molecule has 0 amide bonds. The van der Waals surface area contributed by atoms with Crippen LogP contribution in [0.2, 0.25) is 5.02 Å². The molecule has 0 saturated heterocycles. The first-order valence-corrected chi connectivity index (χ1v) is 10.6. The molecule has 32 heavy (non-hydrogen) atoms. The number of nitriles is 1. The number of nitrogens with zero attached hydrogens (tertiary/aromatic N) is 2. The van der Waals surface area contributed by atoms with Gasteiger partial charge in [0.2, 0.25) is 0 Å². The summed E-state index contributed by atoms with van der Waals surface area (Å²) in [6.07, 6.45) is 1.51. The summed E-state index contributed by atoms with van der Waals surface area (Å²) in [4.78, 5) is 16.9. The van der Waals surface area contributed by atoms with Crippen LogP contribution in [0.1, 0.15) is 5.01 Å². The summed E-state index contributed by atoms with van der Waals surface area (Å²) in [7, 11) is 3.02. The van der Waals surface area contributed by atoms with Crippen LogP contribution in [0.3, 0.4) is 0 Å². The predicted molar refractivity (Wildman–Crippen MR) is 125 cm³/mol. The zero-order chi connectivity index (χ0) is 22.7. The second-order valence-corrected chi connectivity index (χ2v) is 7.79. The number of methoxy groups -OCH3 is 2. The maximum Gasteiger partial charge on any atom is 0.345 e. The van der Waals surface area contributed by atoms with Gasteiger partial charge in [-0.2, -0.15) is 5.26 Å². The van der Waals surface area contributed by atoms with Crippen LogP contribution in [0.4, 0.5) is 5.69 Å². The van der Waals surface area contributed by atoms with Crippen LogP contribution in [0, 0.1) is 11.3 Å². The number of fused-ring (bicyclic) bond motifs is 1. The molecule has 9 heteroatoms.